The van der Waals surface area contributed by atoms with Crippen molar-refractivity contribution in [2.45, 2.75) is 32.6 Å². The SMILES string of the molecule is CC[C@@H](C)c1ccccc1NC(=O)Cc1ccccc1F. The van der Waals surface area contributed by atoms with Crippen LogP contribution in [0.3, 0.4) is 0 Å². The van der Waals surface area contributed by atoms with Gasteiger partial charge in [0.05, 0.1) is 6.42 Å². The standard InChI is InChI=1S/C18H20FNO/c1-3-13(2)15-9-5-7-11-17(15)20-18(21)12-14-8-4-6-10-16(14)19/h4-11,13H,3,12H2,1-2H3,(H,20,21)/t13-/m1/s1. The van der Waals surface area contributed by atoms with Crippen LogP contribution in [0.25, 0.3) is 0 Å². The highest BCUT2D eigenvalue weighted by atomic mass is 19.1. The molecule has 1 amide bonds. The van der Waals surface area contributed by atoms with Gasteiger partial charge in [-0.25, -0.2) is 4.39 Å². The zero-order chi connectivity index (χ0) is 15.2. The number of hydrogen-bond donors (Lipinski definition) is 1. The molecule has 0 unspecified atom stereocenters. The third-order valence-corrected chi connectivity index (χ3v) is 3.69. The topological polar surface area (TPSA) is 29.1 Å². The van der Waals surface area contributed by atoms with Crippen LogP contribution < -0.4 is 5.32 Å². The summed E-state index contributed by atoms with van der Waals surface area (Å²) in [4.78, 5) is 12.1. The zero-order valence-corrected chi connectivity index (χ0v) is 12.4. The molecule has 110 valence electrons. The fourth-order valence-electron chi connectivity index (χ4n) is 2.27. The van der Waals surface area contributed by atoms with E-state index in [0.717, 1.165) is 17.7 Å². The first-order chi connectivity index (χ1) is 10.1. The van der Waals surface area contributed by atoms with E-state index in [1.165, 1.54) is 6.07 Å². The van der Waals surface area contributed by atoms with Gasteiger partial charge in [-0.15, -0.1) is 0 Å². The minimum absolute atomic E-state index is 0.0432. The number of amides is 1. The molecule has 0 bridgehead atoms. The second kappa shape index (κ2) is 7.02. The molecule has 0 spiro atoms. The fraction of sp³-hybridized carbons (Fsp3) is 0.278. The second-order valence-electron chi connectivity index (χ2n) is 5.21. The molecule has 0 aliphatic rings. The Kier molecular flexibility index (Phi) is 5.09. The Hall–Kier alpha value is -2.16. The van der Waals surface area contributed by atoms with Crippen LogP contribution >= 0.6 is 0 Å². The highest BCUT2D eigenvalue weighted by Gasteiger charge is 2.12. The molecular weight excluding hydrogens is 265 g/mol. The summed E-state index contributed by atoms with van der Waals surface area (Å²) in [5.74, 6) is -0.173. The lowest BCUT2D eigenvalue weighted by molar-refractivity contribution is -0.115. The average Bonchev–Trinajstić information content (AvgIpc) is 2.49. The van der Waals surface area contributed by atoms with E-state index in [1.54, 1.807) is 18.2 Å². The van der Waals surface area contributed by atoms with E-state index < -0.39 is 0 Å². The number of para-hydroxylation sites is 1. The fourth-order valence-corrected chi connectivity index (χ4v) is 2.27. The Morgan fingerprint density at radius 2 is 1.81 bits per heavy atom. The highest BCUT2D eigenvalue weighted by molar-refractivity contribution is 5.93. The van der Waals surface area contributed by atoms with E-state index in [9.17, 15) is 9.18 Å². The number of anilines is 1. The van der Waals surface area contributed by atoms with Crippen LogP contribution in [-0.4, -0.2) is 5.91 Å². The molecule has 0 radical (unpaired) electrons. The van der Waals surface area contributed by atoms with E-state index in [-0.39, 0.29) is 18.1 Å². The number of benzene rings is 2. The molecule has 0 fully saturated rings. The molecule has 1 atom stereocenters. The lowest BCUT2D eigenvalue weighted by Gasteiger charge is -2.15. The summed E-state index contributed by atoms with van der Waals surface area (Å²) >= 11 is 0. The summed E-state index contributed by atoms with van der Waals surface area (Å²) in [7, 11) is 0. The van der Waals surface area contributed by atoms with Crippen molar-refractivity contribution in [3.63, 3.8) is 0 Å². The molecule has 0 aliphatic heterocycles. The van der Waals surface area contributed by atoms with Crippen LogP contribution in [0.5, 0.6) is 0 Å². The van der Waals surface area contributed by atoms with Crippen molar-refractivity contribution in [2.75, 3.05) is 5.32 Å². The van der Waals surface area contributed by atoms with Gasteiger partial charge in [0.15, 0.2) is 0 Å². The summed E-state index contributed by atoms with van der Waals surface area (Å²) in [6.45, 7) is 4.24. The molecule has 2 nitrogen and oxygen atoms in total. The number of hydrogen-bond acceptors (Lipinski definition) is 1. The van der Waals surface area contributed by atoms with Crippen LogP contribution in [0, 0.1) is 5.82 Å². The summed E-state index contributed by atoms with van der Waals surface area (Å²) < 4.78 is 13.6. The minimum atomic E-state index is -0.345. The van der Waals surface area contributed by atoms with Crippen LogP contribution in [0.2, 0.25) is 0 Å². The van der Waals surface area contributed by atoms with Gasteiger partial charge in [0.1, 0.15) is 5.82 Å². The van der Waals surface area contributed by atoms with Crippen molar-refractivity contribution in [2.24, 2.45) is 0 Å². The summed E-state index contributed by atoms with van der Waals surface area (Å²) in [6, 6.07) is 14.1. The van der Waals surface area contributed by atoms with Gasteiger partial charge in [0, 0.05) is 5.69 Å². The van der Waals surface area contributed by atoms with Gasteiger partial charge >= 0.3 is 0 Å². The molecule has 2 rings (SSSR count). The van der Waals surface area contributed by atoms with E-state index >= 15 is 0 Å². The number of carbonyl (C=O) groups excluding carboxylic acids is 1. The Morgan fingerprint density at radius 1 is 1.14 bits per heavy atom. The van der Waals surface area contributed by atoms with E-state index in [0.29, 0.717) is 11.5 Å². The quantitative estimate of drug-likeness (QED) is 0.859. The van der Waals surface area contributed by atoms with Crippen molar-refractivity contribution >= 4 is 11.6 Å². The van der Waals surface area contributed by atoms with Gasteiger partial charge in [-0.05, 0) is 35.6 Å². The molecule has 21 heavy (non-hydrogen) atoms. The first kappa shape index (κ1) is 15.2. The maximum absolute atomic E-state index is 13.6. The molecule has 3 heteroatoms. The van der Waals surface area contributed by atoms with Gasteiger partial charge in [0.2, 0.25) is 5.91 Å². The van der Waals surface area contributed by atoms with Crippen molar-refractivity contribution in [3.05, 3.63) is 65.5 Å². The Morgan fingerprint density at radius 3 is 2.52 bits per heavy atom. The minimum Gasteiger partial charge on any atom is -0.326 e. The van der Waals surface area contributed by atoms with Gasteiger partial charge in [-0.1, -0.05) is 50.2 Å². The molecule has 0 saturated carbocycles. The predicted molar refractivity (Wildman–Crippen MR) is 83.9 cm³/mol. The number of rotatable bonds is 5. The van der Waals surface area contributed by atoms with E-state index in [4.69, 9.17) is 0 Å². The molecule has 0 saturated heterocycles. The van der Waals surface area contributed by atoms with Crippen molar-refractivity contribution in [1.82, 2.24) is 0 Å². The van der Waals surface area contributed by atoms with Crippen LogP contribution in [0.4, 0.5) is 10.1 Å². The Balaban J connectivity index is 2.12. The van der Waals surface area contributed by atoms with Crippen molar-refractivity contribution in [1.29, 1.82) is 0 Å². The smallest absolute Gasteiger partial charge is 0.228 e. The summed E-state index contributed by atoms with van der Waals surface area (Å²) in [6.07, 6.45) is 1.04. The summed E-state index contributed by atoms with van der Waals surface area (Å²) in [5.41, 5.74) is 2.34. The second-order valence-corrected chi connectivity index (χ2v) is 5.21. The van der Waals surface area contributed by atoms with Crippen LogP contribution in [-0.2, 0) is 11.2 Å². The molecule has 2 aromatic rings. The monoisotopic (exact) mass is 285 g/mol. The van der Waals surface area contributed by atoms with Crippen LogP contribution in [0.1, 0.15) is 37.3 Å². The van der Waals surface area contributed by atoms with E-state index in [2.05, 4.69) is 19.2 Å². The Bertz CT molecular complexity index is 624. The van der Waals surface area contributed by atoms with Crippen molar-refractivity contribution < 1.29 is 9.18 Å². The third-order valence-electron chi connectivity index (χ3n) is 3.69. The number of halogens is 1. The molecule has 0 aromatic heterocycles. The molecule has 1 N–H and O–H groups in total. The largest absolute Gasteiger partial charge is 0.326 e. The van der Waals surface area contributed by atoms with E-state index in [1.807, 2.05) is 24.3 Å². The highest BCUT2D eigenvalue weighted by Crippen LogP contribution is 2.26. The average molecular weight is 285 g/mol. The summed E-state index contributed by atoms with van der Waals surface area (Å²) in [5, 5.41) is 2.90. The van der Waals surface area contributed by atoms with Crippen LogP contribution in [0.15, 0.2) is 48.5 Å². The Labute approximate surface area is 125 Å². The maximum Gasteiger partial charge on any atom is 0.228 e. The predicted octanol–water partition coefficient (Wildman–Crippen LogP) is 4.52. The van der Waals surface area contributed by atoms with Gasteiger partial charge < -0.3 is 5.32 Å². The maximum atomic E-state index is 13.6. The van der Waals surface area contributed by atoms with Crippen molar-refractivity contribution in [3.8, 4) is 0 Å². The van der Waals surface area contributed by atoms with Gasteiger partial charge in [0.25, 0.3) is 0 Å². The normalized spacial score (nSPS) is 12.0. The molecular formula is C18H20FNO. The first-order valence-corrected chi connectivity index (χ1v) is 7.24. The molecule has 2 aromatic carbocycles. The molecule has 0 aliphatic carbocycles. The molecule has 0 heterocycles. The lowest BCUT2D eigenvalue weighted by Crippen LogP contribution is -2.16. The van der Waals surface area contributed by atoms with Gasteiger partial charge in [-0.2, -0.15) is 0 Å². The number of carbonyl (C=O) groups is 1. The third kappa shape index (κ3) is 3.91. The first-order valence-electron chi connectivity index (χ1n) is 7.24. The number of nitrogens with one attached hydrogen (secondary N) is 1. The van der Waals surface area contributed by atoms with Gasteiger partial charge in [-0.3, -0.25) is 4.79 Å². The lowest BCUT2D eigenvalue weighted by atomic mass is 9.97. The zero-order valence-electron chi connectivity index (χ0n) is 12.4.